The van der Waals surface area contributed by atoms with Gasteiger partial charge in [0.2, 0.25) is 0 Å². The van der Waals surface area contributed by atoms with Crippen molar-refractivity contribution in [3.05, 3.63) is 143 Å². The molecule has 54 heavy (non-hydrogen) atoms. The van der Waals surface area contributed by atoms with Crippen molar-refractivity contribution in [2.75, 3.05) is 28.4 Å². The van der Waals surface area contributed by atoms with Crippen LogP contribution in [0, 0.1) is 13.8 Å². The normalized spacial score (nSPS) is 10.9. The van der Waals surface area contributed by atoms with Gasteiger partial charge in [0, 0.05) is 13.1 Å². The van der Waals surface area contributed by atoms with Crippen LogP contribution in [0.15, 0.2) is 109 Å². The molecule has 0 atom stereocenters. The molecule has 0 aliphatic rings. The molecule has 4 aromatic carbocycles. The first-order valence-electron chi connectivity index (χ1n) is 17.3. The molecular weight excluding hydrogens is 684 g/mol. The summed E-state index contributed by atoms with van der Waals surface area (Å²) in [4.78, 5) is 55.2. The Kier molecular flexibility index (Phi) is 10.9. The topological polar surface area (TPSA) is 115 Å². The predicted octanol–water partition coefficient (Wildman–Crippen LogP) is 8.42. The maximum atomic E-state index is 13.8. The molecule has 0 bridgehead atoms. The standard InChI is InChI=1S/C44H40N2O8/c1-27-17-21-31(22-18-27)39-35(43(49)53-5)33(41(47)51-3)37(29-13-9-7-10-14-29)45(39)25-26-46-38(30-15-11-8-12-16-30)34(42(48)52-4)36(44(50)54-6)40(46)32-23-19-28(2)20-24-32/h7-24H,25-26H2,1-6H3. The smallest absolute Gasteiger partial charge is 0.340 e. The summed E-state index contributed by atoms with van der Waals surface area (Å²) >= 11 is 0. The lowest BCUT2D eigenvalue weighted by Crippen LogP contribution is -2.13. The molecule has 0 spiro atoms. The van der Waals surface area contributed by atoms with Gasteiger partial charge in [-0.1, -0.05) is 120 Å². The third-order valence-corrected chi connectivity index (χ3v) is 9.38. The van der Waals surface area contributed by atoms with Gasteiger partial charge in [0.25, 0.3) is 0 Å². The second kappa shape index (κ2) is 15.9. The van der Waals surface area contributed by atoms with Crippen molar-refractivity contribution in [2.24, 2.45) is 0 Å². The molecule has 2 heterocycles. The minimum absolute atomic E-state index is 0.0474. The number of ether oxygens (including phenoxy) is 4. The summed E-state index contributed by atoms with van der Waals surface area (Å²) in [6.07, 6.45) is 0. The van der Waals surface area contributed by atoms with Gasteiger partial charge in [0.05, 0.1) is 51.2 Å². The number of benzene rings is 4. The Balaban J connectivity index is 1.73. The SMILES string of the molecule is COC(=O)c1c(C(=O)OC)c(-c2ccc(C)cc2)n(CCn2c(-c3ccccc3)c(C(=O)OC)c(C(=O)OC)c2-c2ccc(C)cc2)c1-c1ccccc1. The highest BCUT2D eigenvalue weighted by molar-refractivity contribution is 6.13. The van der Waals surface area contributed by atoms with E-state index in [9.17, 15) is 19.2 Å². The van der Waals surface area contributed by atoms with Crippen molar-refractivity contribution in [3.63, 3.8) is 0 Å². The zero-order chi connectivity index (χ0) is 38.5. The van der Waals surface area contributed by atoms with E-state index in [1.807, 2.05) is 132 Å². The first-order chi connectivity index (χ1) is 26.1. The van der Waals surface area contributed by atoms with E-state index in [1.54, 1.807) is 0 Å². The zero-order valence-corrected chi connectivity index (χ0v) is 31.0. The third kappa shape index (κ3) is 6.81. The van der Waals surface area contributed by atoms with Crippen LogP contribution in [-0.2, 0) is 32.0 Å². The molecule has 0 amide bonds. The Morgan fingerprint density at radius 1 is 0.389 bits per heavy atom. The second-order valence-corrected chi connectivity index (χ2v) is 12.6. The highest BCUT2D eigenvalue weighted by Gasteiger charge is 2.36. The fourth-order valence-electron chi connectivity index (χ4n) is 6.90. The van der Waals surface area contributed by atoms with Crippen LogP contribution in [0.5, 0.6) is 0 Å². The Morgan fingerprint density at radius 2 is 0.630 bits per heavy atom. The van der Waals surface area contributed by atoms with E-state index in [4.69, 9.17) is 18.9 Å². The summed E-state index contributed by atoms with van der Waals surface area (Å²) in [5, 5.41) is 0. The molecule has 0 radical (unpaired) electrons. The predicted molar refractivity (Wildman–Crippen MR) is 205 cm³/mol. The van der Waals surface area contributed by atoms with Gasteiger partial charge < -0.3 is 28.1 Å². The molecule has 6 aromatic rings. The van der Waals surface area contributed by atoms with Crippen molar-refractivity contribution < 1.29 is 38.1 Å². The monoisotopic (exact) mass is 724 g/mol. The van der Waals surface area contributed by atoms with Crippen LogP contribution < -0.4 is 0 Å². The highest BCUT2D eigenvalue weighted by Crippen LogP contribution is 2.42. The van der Waals surface area contributed by atoms with Crippen molar-refractivity contribution >= 4 is 23.9 Å². The van der Waals surface area contributed by atoms with Crippen molar-refractivity contribution in [2.45, 2.75) is 26.9 Å². The van der Waals surface area contributed by atoms with Crippen molar-refractivity contribution in [1.82, 2.24) is 9.13 Å². The van der Waals surface area contributed by atoms with E-state index in [0.29, 0.717) is 45.0 Å². The van der Waals surface area contributed by atoms with Gasteiger partial charge >= 0.3 is 23.9 Å². The first-order valence-corrected chi connectivity index (χ1v) is 17.3. The molecule has 0 saturated carbocycles. The number of hydrogen-bond acceptors (Lipinski definition) is 8. The fraction of sp³-hybridized carbons (Fsp3) is 0.182. The summed E-state index contributed by atoms with van der Waals surface area (Å²) < 4.78 is 25.1. The Labute approximate surface area is 313 Å². The van der Waals surface area contributed by atoms with E-state index in [1.165, 1.54) is 28.4 Å². The van der Waals surface area contributed by atoms with Crippen LogP contribution in [0.1, 0.15) is 52.6 Å². The van der Waals surface area contributed by atoms with Gasteiger partial charge in [-0.3, -0.25) is 0 Å². The number of carbonyl (C=O) groups is 4. The number of aromatic nitrogens is 2. The Morgan fingerprint density at radius 3 is 0.870 bits per heavy atom. The number of rotatable bonds is 11. The maximum absolute atomic E-state index is 13.8. The fourth-order valence-corrected chi connectivity index (χ4v) is 6.90. The third-order valence-electron chi connectivity index (χ3n) is 9.38. The van der Waals surface area contributed by atoms with Crippen molar-refractivity contribution in [1.29, 1.82) is 0 Å². The molecule has 6 rings (SSSR count). The molecule has 0 fully saturated rings. The minimum Gasteiger partial charge on any atom is -0.465 e. The van der Waals surface area contributed by atoms with Gasteiger partial charge in [-0.2, -0.15) is 0 Å². The van der Waals surface area contributed by atoms with Crippen LogP contribution in [0.3, 0.4) is 0 Å². The first kappa shape index (κ1) is 37.1. The molecule has 2 aromatic heterocycles. The second-order valence-electron chi connectivity index (χ2n) is 12.6. The Bertz CT molecular complexity index is 2170. The van der Waals surface area contributed by atoms with Crippen LogP contribution in [-0.4, -0.2) is 61.5 Å². The summed E-state index contributed by atoms with van der Waals surface area (Å²) in [6, 6.07) is 33.8. The van der Waals surface area contributed by atoms with Gasteiger partial charge in [-0.25, -0.2) is 19.2 Å². The average Bonchev–Trinajstić information content (AvgIpc) is 3.73. The van der Waals surface area contributed by atoms with E-state index in [0.717, 1.165) is 11.1 Å². The van der Waals surface area contributed by atoms with Gasteiger partial charge in [-0.05, 0) is 36.1 Å². The summed E-state index contributed by atoms with van der Waals surface area (Å²) in [5.41, 5.74) is 6.57. The van der Waals surface area contributed by atoms with Crippen molar-refractivity contribution in [3.8, 4) is 45.0 Å². The molecule has 274 valence electrons. The minimum atomic E-state index is -0.714. The molecule has 0 saturated heterocycles. The molecule has 10 nitrogen and oxygen atoms in total. The van der Waals surface area contributed by atoms with Gasteiger partial charge in [0.1, 0.15) is 22.3 Å². The summed E-state index contributed by atoms with van der Waals surface area (Å²) in [6.45, 7) is 4.20. The van der Waals surface area contributed by atoms with Crippen LogP contribution in [0.4, 0.5) is 0 Å². The van der Waals surface area contributed by atoms with Gasteiger partial charge in [-0.15, -0.1) is 0 Å². The quantitative estimate of drug-likeness (QED) is 0.0967. The van der Waals surface area contributed by atoms with E-state index in [2.05, 4.69) is 0 Å². The number of nitrogens with zero attached hydrogens (tertiary/aromatic N) is 2. The summed E-state index contributed by atoms with van der Waals surface area (Å²) in [7, 11) is 5.07. The number of esters is 4. The molecular formula is C44H40N2O8. The van der Waals surface area contributed by atoms with E-state index >= 15 is 0 Å². The van der Waals surface area contributed by atoms with Crippen LogP contribution in [0.25, 0.3) is 45.0 Å². The molecule has 0 aliphatic heterocycles. The lowest BCUT2D eigenvalue weighted by Gasteiger charge is -2.19. The van der Waals surface area contributed by atoms with Crippen LogP contribution >= 0.6 is 0 Å². The van der Waals surface area contributed by atoms with Gasteiger partial charge in [0.15, 0.2) is 0 Å². The summed E-state index contributed by atoms with van der Waals surface area (Å²) in [5.74, 6) is -2.86. The van der Waals surface area contributed by atoms with E-state index < -0.39 is 23.9 Å². The molecule has 0 aliphatic carbocycles. The highest BCUT2D eigenvalue weighted by atomic mass is 16.5. The lowest BCUT2D eigenvalue weighted by molar-refractivity contribution is 0.0558. The number of aryl methyl sites for hydroxylation is 2. The van der Waals surface area contributed by atoms with Crippen LogP contribution in [0.2, 0.25) is 0 Å². The number of methoxy groups -OCH3 is 4. The molecule has 0 N–H and O–H groups in total. The van der Waals surface area contributed by atoms with E-state index in [-0.39, 0.29) is 35.3 Å². The molecule has 10 heteroatoms. The molecule has 0 unspecified atom stereocenters. The number of carbonyl (C=O) groups excluding carboxylic acids is 4. The number of hydrogen-bond donors (Lipinski definition) is 0. The average molecular weight is 725 g/mol. The lowest BCUT2D eigenvalue weighted by atomic mass is 10.0. The zero-order valence-electron chi connectivity index (χ0n) is 31.0. The largest absolute Gasteiger partial charge is 0.465 e. The maximum Gasteiger partial charge on any atom is 0.340 e. The Hall–Kier alpha value is -6.68.